The Morgan fingerprint density at radius 3 is 2.87 bits per heavy atom. The number of thioether (sulfide) groups is 1. The molecule has 0 unspecified atom stereocenters. The highest BCUT2D eigenvalue weighted by Gasteiger charge is 1.96. The summed E-state index contributed by atoms with van der Waals surface area (Å²) in [5.41, 5.74) is 0. The van der Waals surface area contributed by atoms with Gasteiger partial charge in [-0.25, -0.2) is 0 Å². The fourth-order valence-corrected chi connectivity index (χ4v) is 2.40. The van der Waals surface area contributed by atoms with Crippen LogP contribution in [0.15, 0.2) is 29.2 Å². The molecule has 0 radical (unpaired) electrons. The van der Waals surface area contributed by atoms with Crippen molar-refractivity contribution >= 4 is 23.4 Å². The molecule has 0 bridgehead atoms. The predicted octanol–water partition coefficient (Wildman–Crippen LogP) is 4.20. The van der Waals surface area contributed by atoms with Crippen LogP contribution in [0.4, 0.5) is 0 Å². The van der Waals surface area contributed by atoms with Crippen LogP contribution in [0.1, 0.15) is 19.3 Å². The molecule has 1 rings (SSSR count). The minimum atomic E-state index is 0.782. The van der Waals surface area contributed by atoms with Crippen molar-refractivity contribution < 1.29 is 4.74 Å². The summed E-state index contributed by atoms with van der Waals surface area (Å²) >= 11 is 7.49. The number of benzene rings is 1. The Labute approximate surface area is 101 Å². The number of hydrogen-bond donors (Lipinski definition) is 0. The number of unbranched alkanes of at least 4 members (excludes halogenated alkanes) is 2. The highest BCUT2D eigenvalue weighted by molar-refractivity contribution is 7.99. The van der Waals surface area contributed by atoms with E-state index in [9.17, 15) is 0 Å². The Kier molecular flexibility index (Phi) is 6.69. The normalized spacial score (nSPS) is 10.3. The molecule has 0 spiro atoms. The van der Waals surface area contributed by atoms with Crippen LogP contribution in [-0.2, 0) is 0 Å². The summed E-state index contributed by atoms with van der Waals surface area (Å²) in [6, 6.07) is 8.19. The number of ether oxygens (including phenoxy) is 1. The quantitative estimate of drug-likeness (QED) is 0.404. The van der Waals surface area contributed by atoms with E-state index in [1.165, 1.54) is 17.7 Å². The Hall–Kier alpha value is -0.340. The zero-order valence-electron chi connectivity index (χ0n) is 9.04. The molecule has 0 heterocycles. The van der Waals surface area contributed by atoms with E-state index in [1.807, 2.05) is 23.9 Å². The van der Waals surface area contributed by atoms with Gasteiger partial charge in [0.1, 0.15) is 5.75 Å². The average molecular weight is 245 g/mol. The van der Waals surface area contributed by atoms with Crippen LogP contribution in [0.2, 0.25) is 0 Å². The van der Waals surface area contributed by atoms with Crippen LogP contribution in [0.5, 0.6) is 5.75 Å². The van der Waals surface area contributed by atoms with Gasteiger partial charge in [-0.05, 0) is 36.8 Å². The third kappa shape index (κ3) is 5.33. The molecule has 1 aromatic carbocycles. The van der Waals surface area contributed by atoms with E-state index in [0.29, 0.717) is 0 Å². The van der Waals surface area contributed by atoms with E-state index in [4.69, 9.17) is 16.3 Å². The highest BCUT2D eigenvalue weighted by Crippen LogP contribution is 2.23. The standard InChI is InChI=1S/C12H17ClOS/c1-14-11-6-5-7-12(10-11)15-9-4-2-3-8-13/h5-7,10H,2-4,8-9H2,1H3. The molecule has 84 valence electrons. The van der Waals surface area contributed by atoms with Crippen LogP contribution in [-0.4, -0.2) is 18.7 Å². The van der Waals surface area contributed by atoms with E-state index in [1.54, 1.807) is 7.11 Å². The first-order valence-electron chi connectivity index (χ1n) is 5.19. The van der Waals surface area contributed by atoms with Crippen LogP contribution < -0.4 is 4.74 Å². The fraction of sp³-hybridized carbons (Fsp3) is 0.500. The number of halogens is 1. The van der Waals surface area contributed by atoms with Gasteiger partial charge in [0.25, 0.3) is 0 Å². The second-order valence-corrected chi connectivity index (χ2v) is 4.82. The minimum Gasteiger partial charge on any atom is -0.497 e. The third-order valence-corrected chi connectivity index (χ3v) is 3.44. The van der Waals surface area contributed by atoms with Gasteiger partial charge in [0.2, 0.25) is 0 Å². The predicted molar refractivity (Wildman–Crippen MR) is 68.3 cm³/mol. The molecular formula is C12H17ClOS. The van der Waals surface area contributed by atoms with Crippen molar-refractivity contribution in [3.05, 3.63) is 24.3 Å². The molecule has 1 aromatic rings. The molecule has 1 nitrogen and oxygen atoms in total. The van der Waals surface area contributed by atoms with Crippen molar-refractivity contribution in [2.45, 2.75) is 24.2 Å². The van der Waals surface area contributed by atoms with Gasteiger partial charge in [-0.1, -0.05) is 12.5 Å². The van der Waals surface area contributed by atoms with Crippen LogP contribution >= 0.6 is 23.4 Å². The maximum atomic E-state index is 5.61. The maximum Gasteiger partial charge on any atom is 0.119 e. The lowest BCUT2D eigenvalue weighted by Gasteiger charge is -2.03. The minimum absolute atomic E-state index is 0.782. The first kappa shape index (κ1) is 12.7. The molecule has 3 heteroatoms. The van der Waals surface area contributed by atoms with Crippen molar-refractivity contribution in [2.75, 3.05) is 18.7 Å². The molecule has 0 aliphatic rings. The summed E-state index contributed by atoms with van der Waals surface area (Å²) in [5.74, 6) is 2.87. The number of methoxy groups -OCH3 is 1. The summed E-state index contributed by atoms with van der Waals surface area (Å²) < 4.78 is 5.17. The number of rotatable bonds is 7. The smallest absolute Gasteiger partial charge is 0.119 e. The van der Waals surface area contributed by atoms with Gasteiger partial charge >= 0.3 is 0 Å². The molecule has 0 saturated carbocycles. The first-order chi connectivity index (χ1) is 7.36. The lowest BCUT2D eigenvalue weighted by atomic mass is 10.3. The van der Waals surface area contributed by atoms with Gasteiger partial charge < -0.3 is 4.74 Å². The Bertz CT molecular complexity index is 278. The SMILES string of the molecule is COc1cccc(SCCCCCCl)c1. The lowest BCUT2D eigenvalue weighted by Crippen LogP contribution is -1.84. The molecular weight excluding hydrogens is 228 g/mol. The summed E-state index contributed by atoms with van der Waals surface area (Å²) in [5, 5.41) is 0. The van der Waals surface area contributed by atoms with E-state index in [0.717, 1.165) is 23.8 Å². The summed E-state index contributed by atoms with van der Waals surface area (Å²) in [4.78, 5) is 1.28. The second kappa shape index (κ2) is 7.89. The van der Waals surface area contributed by atoms with E-state index >= 15 is 0 Å². The summed E-state index contributed by atoms with van der Waals surface area (Å²) in [7, 11) is 1.70. The Balaban J connectivity index is 2.24. The lowest BCUT2D eigenvalue weighted by molar-refractivity contribution is 0.413. The molecule has 0 N–H and O–H groups in total. The average Bonchev–Trinajstić information content (AvgIpc) is 2.29. The van der Waals surface area contributed by atoms with Gasteiger partial charge in [-0.3, -0.25) is 0 Å². The van der Waals surface area contributed by atoms with Gasteiger partial charge in [-0.15, -0.1) is 23.4 Å². The molecule has 0 atom stereocenters. The molecule has 0 amide bonds. The van der Waals surface area contributed by atoms with Crippen LogP contribution in [0, 0.1) is 0 Å². The molecule has 15 heavy (non-hydrogen) atoms. The van der Waals surface area contributed by atoms with E-state index in [-0.39, 0.29) is 0 Å². The number of hydrogen-bond acceptors (Lipinski definition) is 2. The fourth-order valence-electron chi connectivity index (χ4n) is 1.25. The van der Waals surface area contributed by atoms with Crippen molar-refractivity contribution in [1.29, 1.82) is 0 Å². The second-order valence-electron chi connectivity index (χ2n) is 3.28. The summed E-state index contributed by atoms with van der Waals surface area (Å²) in [6.45, 7) is 0. The molecule has 0 aromatic heterocycles. The monoisotopic (exact) mass is 244 g/mol. The molecule has 0 aliphatic carbocycles. The Morgan fingerprint density at radius 1 is 1.27 bits per heavy atom. The zero-order valence-corrected chi connectivity index (χ0v) is 10.6. The topological polar surface area (TPSA) is 9.23 Å². The highest BCUT2D eigenvalue weighted by atomic mass is 35.5. The molecule has 0 saturated heterocycles. The largest absolute Gasteiger partial charge is 0.497 e. The molecule has 0 aliphatic heterocycles. The van der Waals surface area contributed by atoms with Gasteiger partial charge in [0.15, 0.2) is 0 Å². The van der Waals surface area contributed by atoms with Gasteiger partial charge in [-0.2, -0.15) is 0 Å². The summed E-state index contributed by atoms with van der Waals surface area (Å²) in [6.07, 6.45) is 3.58. The van der Waals surface area contributed by atoms with Crippen molar-refractivity contribution in [3.8, 4) is 5.75 Å². The van der Waals surface area contributed by atoms with Crippen molar-refractivity contribution in [2.24, 2.45) is 0 Å². The Morgan fingerprint density at radius 2 is 2.13 bits per heavy atom. The van der Waals surface area contributed by atoms with E-state index in [2.05, 4.69) is 12.1 Å². The maximum absolute atomic E-state index is 5.61. The zero-order chi connectivity index (χ0) is 10.9. The number of alkyl halides is 1. The van der Waals surface area contributed by atoms with Gasteiger partial charge in [0.05, 0.1) is 7.11 Å². The third-order valence-electron chi connectivity index (χ3n) is 2.09. The van der Waals surface area contributed by atoms with Crippen LogP contribution in [0.25, 0.3) is 0 Å². The van der Waals surface area contributed by atoms with Crippen molar-refractivity contribution in [1.82, 2.24) is 0 Å². The van der Waals surface area contributed by atoms with Gasteiger partial charge in [0, 0.05) is 10.8 Å². The first-order valence-corrected chi connectivity index (χ1v) is 6.71. The van der Waals surface area contributed by atoms with Crippen molar-refractivity contribution in [3.63, 3.8) is 0 Å². The molecule has 0 fully saturated rings. The van der Waals surface area contributed by atoms with Crippen LogP contribution in [0.3, 0.4) is 0 Å². The van der Waals surface area contributed by atoms with E-state index < -0.39 is 0 Å².